The molecular weight excluding hydrogens is 298 g/mol. The lowest BCUT2D eigenvalue weighted by atomic mass is 10.3. The summed E-state index contributed by atoms with van der Waals surface area (Å²) in [5.41, 5.74) is 0.0644. The van der Waals surface area contributed by atoms with Gasteiger partial charge < -0.3 is 0 Å². The van der Waals surface area contributed by atoms with Crippen LogP contribution in [0.3, 0.4) is 0 Å². The van der Waals surface area contributed by atoms with Crippen LogP contribution in [-0.4, -0.2) is 34.7 Å². The number of anilines is 1. The summed E-state index contributed by atoms with van der Waals surface area (Å²) in [6, 6.07) is 5.87. The van der Waals surface area contributed by atoms with Crippen molar-refractivity contribution < 1.29 is 16.8 Å². The molecule has 102 valence electrons. The van der Waals surface area contributed by atoms with Gasteiger partial charge in [-0.3, -0.25) is 4.72 Å². The topological polar surface area (TPSA) is 80.3 Å². The molecule has 8 heteroatoms. The molecule has 0 aromatic heterocycles. The van der Waals surface area contributed by atoms with Gasteiger partial charge in [-0.05, 0) is 18.6 Å². The van der Waals surface area contributed by atoms with Crippen molar-refractivity contribution in [1.82, 2.24) is 0 Å². The minimum absolute atomic E-state index is 0.0422. The van der Waals surface area contributed by atoms with Crippen LogP contribution in [0.5, 0.6) is 0 Å². The highest BCUT2D eigenvalue weighted by molar-refractivity contribution is 7.93. The first-order chi connectivity index (χ1) is 8.26. The Labute approximate surface area is 112 Å². The number of hydrogen-bond donors (Lipinski definition) is 1. The number of nitrogens with one attached hydrogen (secondary N) is 1. The van der Waals surface area contributed by atoms with Gasteiger partial charge in [0.15, 0.2) is 9.84 Å². The van der Waals surface area contributed by atoms with E-state index in [1.807, 2.05) is 0 Å². The highest BCUT2D eigenvalue weighted by atomic mass is 35.5. The highest BCUT2D eigenvalue weighted by Gasteiger charge is 2.17. The SMILES string of the molecule is CS(=O)(=O)c1ccccc1NS(=O)(=O)CCCCl. The maximum Gasteiger partial charge on any atom is 0.232 e. The zero-order valence-corrected chi connectivity index (χ0v) is 12.1. The number of sulfonamides is 1. The van der Waals surface area contributed by atoms with Crippen LogP contribution in [-0.2, 0) is 19.9 Å². The number of alkyl halides is 1. The van der Waals surface area contributed by atoms with Crippen LogP contribution >= 0.6 is 11.6 Å². The van der Waals surface area contributed by atoms with Gasteiger partial charge in [0, 0.05) is 12.1 Å². The molecule has 1 rings (SSSR count). The van der Waals surface area contributed by atoms with Crippen molar-refractivity contribution in [3.63, 3.8) is 0 Å². The summed E-state index contributed by atoms with van der Waals surface area (Å²) < 4.78 is 48.6. The van der Waals surface area contributed by atoms with Gasteiger partial charge in [-0.2, -0.15) is 0 Å². The van der Waals surface area contributed by atoms with E-state index in [0.717, 1.165) is 6.26 Å². The average molecular weight is 312 g/mol. The molecule has 0 radical (unpaired) electrons. The molecule has 0 aliphatic rings. The predicted octanol–water partition coefficient (Wildman–Crippen LogP) is 1.46. The van der Waals surface area contributed by atoms with Gasteiger partial charge in [-0.15, -0.1) is 11.6 Å². The van der Waals surface area contributed by atoms with Crippen molar-refractivity contribution >= 4 is 37.1 Å². The normalized spacial score (nSPS) is 12.3. The van der Waals surface area contributed by atoms with E-state index in [1.54, 1.807) is 6.07 Å². The van der Waals surface area contributed by atoms with Gasteiger partial charge in [0.05, 0.1) is 16.3 Å². The smallest absolute Gasteiger partial charge is 0.232 e. The van der Waals surface area contributed by atoms with E-state index >= 15 is 0 Å². The summed E-state index contributed by atoms with van der Waals surface area (Å²) >= 11 is 5.43. The first-order valence-corrected chi connectivity index (χ1v) is 9.19. The Bertz CT molecular complexity index is 611. The first-order valence-electron chi connectivity index (χ1n) is 5.12. The molecule has 1 aromatic rings. The number of halogens is 1. The van der Waals surface area contributed by atoms with Crippen LogP contribution in [0.25, 0.3) is 0 Å². The molecule has 0 spiro atoms. The Kier molecular flexibility index (Phi) is 5.01. The van der Waals surface area contributed by atoms with E-state index in [4.69, 9.17) is 11.6 Å². The van der Waals surface area contributed by atoms with Gasteiger partial charge in [0.1, 0.15) is 0 Å². The number of para-hydroxylation sites is 1. The first kappa shape index (κ1) is 15.3. The fourth-order valence-corrected chi connectivity index (χ4v) is 3.68. The van der Waals surface area contributed by atoms with E-state index in [2.05, 4.69) is 4.72 Å². The number of hydrogen-bond acceptors (Lipinski definition) is 4. The minimum atomic E-state index is -3.58. The molecular formula is C10H14ClNO4S2. The fourth-order valence-electron chi connectivity index (χ4n) is 1.34. The fraction of sp³-hybridized carbons (Fsp3) is 0.400. The largest absolute Gasteiger partial charge is 0.282 e. The molecule has 0 unspecified atom stereocenters. The van der Waals surface area contributed by atoms with Crippen molar-refractivity contribution in [2.75, 3.05) is 22.6 Å². The second-order valence-electron chi connectivity index (χ2n) is 3.73. The Balaban J connectivity index is 3.06. The molecule has 0 bridgehead atoms. The van der Waals surface area contributed by atoms with E-state index < -0.39 is 19.9 Å². The van der Waals surface area contributed by atoms with Gasteiger partial charge >= 0.3 is 0 Å². The van der Waals surface area contributed by atoms with Gasteiger partial charge in [-0.1, -0.05) is 12.1 Å². The zero-order chi connectivity index (χ0) is 13.8. The Hall–Kier alpha value is -0.790. The lowest BCUT2D eigenvalue weighted by molar-refractivity contribution is 0.600. The average Bonchev–Trinajstić information content (AvgIpc) is 2.25. The molecule has 1 aromatic carbocycles. The molecule has 0 atom stereocenters. The maximum atomic E-state index is 11.7. The summed E-state index contributed by atoms with van der Waals surface area (Å²) in [6.07, 6.45) is 1.33. The van der Waals surface area contributed by atoms with Crippen molar-refractivity contribution in [2.24, 2.45) is 0 Å². The Morgan fingerprint density at radius 3 is 2.33 bits per heavy atom. The van der Waals surface area contributed by atoms with Gasteiger partial charge in [0.25, 0.3) is 0 Å². The van der Waals surface area contributed by atoms with Gasteiger partial charge in [0.2, 0.25) is 10.0 Å². The molecule has 0 aliphatic heterocycles. The molecule has 0 heterocycles. The van der Waals surface area contributed by atoms with Crippen molar-refractivity contribution in [1.29, 1.82) is 0 Å². The molecule has 18 heavy (non-hydrogen) atoms. The van der Waals surface area contributed by atoms with Crippen LogP contribution in [0.15, 0.2) is 29.2 Å². The molecule has 1 N–H and O–H groups in total. The van der Waals surface area contributed by atoms with Crippen LogP contribution in [0.2, 0.25) is 0 Å². The van der Waals surface area contributed by atoms with Crippen LogP contribution < -0.4 is 4.72 Å². The monoisotopic (exact) mass is 311 g/mol. The summed E-state index contributed by atoms with van der Waals surface area (Å²) in [5.74, 6) is 0.0865. The summed E-state index contributed by atoms with van der Waals surface area (Å²) in [7, 11) is -7.06. The van der Waals surface area contributed by atoms with Crippen LogP contribution in [0.4, 0.5) is 5.69 Å². The quantitative estimate of drug-likeness (QED) is 0.807. The van der Waals surface area contributed by atoms with E-state index in [9.17, 15) is 16.8 Å². The van der Waals surface area contributed by atoms with E-state index in [-0.39, 0.29) is 22.2 Å². The standard InChI is InChI=1S/C10H14ClNO4S2/c1-17(13,14)10-6-3-2-5-9(10)12-18(15,16)8-4-7-11/h2-3,5-6,12H,4,7-8H2,1H3. The molecule has 0 aliphatic carbocycles. The van der Waals surface area contributed by atoms with Crippen molar-refractivity contribution in [3.8, 4) is 0 Å². The summed E-state index contributed by atoms with van der Waals surface area (Å²) in [6.45, 7) is 0. The van der Waals surface area contributed by atoms with Crippen molar-refractivity contribution in [2.45, 2.75) is 11.3 Å². The number of rotatable bonds is 6. The molecule has 5 nitrogen and oxygen atoms in total. The number of sulfone groups is 1. The molecule has 0 saturated carbocycles. The van der Waals surface area contributed by atoms with Crippen molar-refractivity contribution in [3.05, 3.63) is 24.3 Å². The highest BCUT2D eigenvalue weighted by Crippen LogP contribution is 2.21. The summed E-state index contributed by atoms with van der Waals surface area (Å²) in [5, 5.41) is 0. The summed E-state index contributed by atoms with van der Waals surface area (Å²) in [4.78, 5) is -0.0422. The van der Waals surface area contributed by atoms with Crippen LogP contribution in [0.1, 0.15) is 6.42 Å². The zero-order valence-electron chi connectivity index (χ0n) is 9.76. The van der Waals surface area contributed by atoms with Crippen LogP contribution in [0, 0.1) is 0 Å². The Morgan fingerprint density at radius 2 is 1.78 bits per heavy atom. The maximum absolute atomic E-state index is 11.7. The predicted molar refractivity (Wildman–Crippen MR) is 72.3 cm³/mol. The molecule has 0 amide bonds. The second kappa shape index (κ2) is 5.90. The van der Waals surface area contributed by atoms with Gasteiger partial charge in [-0.25, -0.2) is 16.8 Å². The van der Waals surface area contributed by atoms with E-state index in [1.165, 1.54) is 18.2 Å². The lowest BCUT2D eigenvalue weighted by Gasteiger charge is -2.10. The molecule has 0 fully saturated rings. The second-order valence-corrected chi connectivity index (χ2v) is 7.94. The number of benzene rings is 1. The molecule has 0 saturated heterocycles. The third-order valence-corrected chi connectivity index (χ3v) is 4.88. The minimum Gasteiger partial charge on any atom is -0.282 e. The third-order valence-electron chi connectivity index (χ3n) is 2.10. The Morgan fingerprint density at radius 1 is 1.17 bits per heavy atom. The van der Waals surface area contributed by atoms with E-state index in [0.29, 0.717) is 6.42 Å². The third kappa shape index (κ3) is 4.47. The lowest BCUT2D eigenvalue weighted by Crippen LogP contribution is -2.18.